The number of fused-ring (bicyclic) bond motifs is 2. The summed E-state index contributed by atoms with van der Waals surface area (Å²) in [6.07, 6.45) is 2.39. The van der Waals surface area contributed by atoms with Gasteiger partial charge in [-0.2, -0.15) is 0 Å². The fourth-order valence-corrected chi connectivity index (χ4v) is 3.03. The largest absolute Gasteiger partial charge is 0.454 e. The molecule has 2 aromatic rings. The zero-order valence-corrected chi connectivity index (χ0v) is 14.7. The molecule has 0 saturated heterocycles. The predicted octanol–water partition coefficient (Wildman–Crippen LogP) is 2.60. The van der Waals surface area contributed by atoms with Gasteiger partial charge in [0.25, 0.3) is 0 Å². The first-order valence-corrected chi connectivity index (χ1v) is 8.70. The van der Waals surface area contributed by atoms with Crippen LogP contribution in [0.4, 0.5) is 17.3 Å². The van der Waals surface area contributed by atoms with Gasteiger partial charge in [-0.05, 0) is 23.6 Å². The van der Waals surface area contributed by atoms with E-state index in [4.69, 9.17) is 9.47 Å². The standard InChI is InChI=1S/C18H21N5O3/c1-3-10(2)14-18(24)23-15-16(20-8-21-17(15)22-14)19-7-11-4-5-12-13(6-11)26-9-25-12/h4-6,8,10,14H,3,7,9H2,1-2H3,(H,23,24)(H2,19,20,21,22). The Balaban J connectivity index is 1.51. The van der Waals surface area contributed by atoms with Crippen molar-refractivity contribution in [1.82, 2.24) is 9.97 Å². The fourth-order valence-electron chi connectivity index (χ4n) is 3.03. The Kier molecular flexibility index (Phi) is 4.24. The number of nitrogens with one attached hydrogen (secondary N) is 3. The molecule has 2 aliphatic rings. The number of rotatable bonds is 5. The summed E-state index contributed by atoms with van der Waals surface area (Å²) in [7, 11) is 0. The van der Waals surface area contributed by atoms with E-state index in [2.05, 4.69) is 32.8 Å². The predicted molar refractivity (Wildman–Crippen MR) is 97.4 cm³/mol. The van der Waals surface area contributed by atoms with Gasteiger partial charge in [0.05, 0.1) is 0 Å². The molecule has 2 unspecified atom stereocenters. The number of ether oxygens (including phenoxy) is 2. The molecule has 0 saturated carbocycles. The highest BCUT2D eigenvalue weighted by Gasteiger charge is 2.31. The van der Waals surface area contributed by atoms with Gasteiger partial charge in [0.1, 0.15) is 18.1 Å². The second-order valence-electron chi connectivity index (χ2n) is 6.48. The Bertz CT molecular complexity index is 842. The molecule has 136 valence electrons. The van der Waals surface area contributed by atoms with E-state index in [9.17, 15) is 4.79 Å². The average Bonchev–Trinajstić information content (AvgIpc) is 3.13. The third-order valence-corrected chi connectivity index (χ3v) is 4.78. The lowest BCUT2D eigenvalue weighted by Gasteiger charge is -2.30. The SMILES string of the molecule is CCC(C)C1Nc2ncnc(NCc3ccc4c(c3)OCO4)c2NC1=O. The number of aromatic nitrogens is 2. The smallest absolute Gasteiger partial charge is 0.247 e. The monoisotopic (exact) mass is 355 g/mol. The normalized spacial score (nSPS) is 18.5. The van der Waals surface area contributed by atoms with Crippen LogP contribution in [0.1, 0.15) is 25.8 Å². The molecule has 0 fully saturated rings. The van der Waals surface area contributed by atoms with Crippen molar-refractivity contribution in [1.29, 1.82) is 0 Å². The lowest BCUT2D eigenvalue weighted by molar-refractivity contribution is -0.118. The minimum absolute atomic E-state index is 0.0622. The van der Waals surface area contributed by atoms with Crippen molar-refractivity contribution < 1.29 is 14.3 Å². The molecule has 3 N–H and O–H groups in total. The molecule has 2 aliphatic heterocycles. The minimum atomic E-state index is -0.288. The highest BCUT2D eigenvalue weighted by Crippen LogP contribution is 2.34. The van der Waals surface area contributed by atoms with Crippen molar-refractivity contribution in [3.8, 4) is 11.5 Å². The van der Waals surface area contributed by atoms with Gasteiger partial charge in [-0.15, -0.1) is 0 Å². The Labute approximate surface area is 151 Å². The highest BCUT2D eigenvalue weighted by atomic mass is 16.7. The summed E-state index contributed by atoms with van der Waals surface area (Å²) in [5, 5.41) is 9.43. The van der Waals surface area contributed by atoms with Gasteiger partial charge in [-0.3, -0.25) is 4.79 Å². The maximum absolute atomic E-state index is 12.4. The fraction of sp³-hybridized carbons (Fsp3) is 0.389. The van der Waals surface area contributed by atoms with E-state index in [1.54, 1.807) is 0 Å². The summed E-state index contributed by atoms with van der Waals surface area (Å²) in [6.45, 7) is 4.89. The number of nitrogens with zero attached hydrogens (tertiary/aromatic N) is 2. The number of carbonyl (C=O) groups is 1. The first-order valence-electron chi connectivity index (χ1n) is 8.70. The summed E-state index contributed by atoms with van der Waals surface area (Å²) >= 11 is 0. The molecule has 1 aromatic carbocycles. The van der Waals surface area contributed by atoms with Crippen molar-refractivity contribution in [3.63, 3.8) is 0 Å². The van der Waals surface area contributed by atoms with Crippen molar-refractivity contribution in [2.45, 2.75) is 32.9 Å². The van der Waals surface area contributed by atoms with E-state index >= 15 is 0 Å². The van der Waals surface area contributed by atoms with Crippen LogP contribution in [-0.2, 0) is 11.3 Å². The summed E-state index contributed by atoms with van der Waals surface area (Å²) in [6, 6.07) is 5.49. The number of hydrogen-bond donors (Lipinski definition) is 3. The summed E-state index contributed by atoms with van der Waals surface area (Å²) < 4.78 is 10.7. The van der Waals surface area contributed by atoms with Crippen molar-refractivity contribution in [2.75, 3.05) is 22.7 Å². The van der Waals surface area contributed by atoms with Crippen LogP contribution in [0.15, 0.2) is 24.5 Å². The molecule has 3 heterocycles. The number of anilines is 3. The lowest BCUT2D eigenvalue weighted by Crippen LogP contribution is -2.43. The maximum Gasteiger partial charge on any atom is 0.247 e. The van der Waals surface area contributed by atoms with Gasteiger partial charge in [-0.1, -0.05) is 26.3 Å². The second kappa shape index (κ2) is 6.70. The molecule has 0 radical (unpaired) electrons. The van der Waals surface area contributed by atoms with Gasteiger partial charge in [-0.25, -0.2) is 9.97 Å². The highest BCUT2D eigenvalue weighted by molar-refractivity contribution is 6.05. The quantitative estimate of drug-likeness (QED) is 0.758. The molecule has 1 amide bonds. The zero-order chi connectivity index (χ0) is 18.1. The van der Waals surface area contributed by atoms with Crippen LogP contribution >= 0.6 is 0 Å². The van der Waals surface area contributed by atoms with E-state index in [-0.39, 0.29) is 24.7 Å². The van der Waals surface area contributed by atoms with E-state index in [1.165, 1.54) is 6.33 Å². The van der Waals surface area contributed by atoms with E-state index in [0.29, 0.717) is 23.9 Å². The third kappa shape index (κ3) is 2.98. The van der Waals surface area contributed by atoms with Gasteiger partial charge >= 0.3 is 0 Å². The Morgan fingerprint density at radius 2 is 2.15 bits per heavy atom. The average molecular weight is 355 g/mol. The Hall–Kier alpha value is -3.03. The topological polar surface area (TPSA) is 97.4 Å². The van der Waals surface area contributed by atoms with Crippen LogP contribution in [0, 0.1) is 5.92 Å². The summed E-state index contributed by atoms with van der Waals surface area (Å²) in [5.41, 5.74) is 1.60. The number of hydrogen-bond acceptors (Lipinski definition) is 7. The minimum Gasteiger partial charge on any atom is -0.454 e. The molecule has 0 bridgehead atoms. The van der Waals surface area contributed by atoms with Crippen molar-refractivity contribution >= 4 is 23.2 Å². The first kappa shape index (κ1) is 16.4. The molecule has 4 rings (SSSR count). The zero-order valence-electron chi connectivity index (χ0n) is 14.7. The molecule has 0 aliphatic carbocycles. The maximum atomic E-state index is 12.4. The number of carbonyl (C=O) groups excluding carboxylic acids is 1. The van der Waals surface area contributed by atoms with Gasteiger partial charge in [0, 0.05) is 6.54 Å². The Morgan fingerprint density at radius 3 is 3.00 bits per heavy atom. The molecule has 8 heteroatoms. The van der Waals surface area contributed by atoms with Gasteiger partial charge < -0.3 is 25.4 Å². The van der Waals surface area contributed by atoms with Crippen LogP contribution in [0.2, 0.25) is 0 Å². The van der Waals surface area contributed by atoms with Crippen LogP contribution < -0.4 is 25.4 Å². The summed E-state index contributed by atoms with van der Waals surface area (Å²) in [5.74, 6) is 2.85. The van der Waals surface area contributed by atoms with Crippen LogP contribution in [-0.4, -0.2) is 28.7 Å². The lowest BCUT2D eigenvalue weighted by atomic mass is 9.97. The molecule has 2 atom stereocenters. The van der Waals surface area contributed by atoms with Gasteiger partial charge in [0.15, 0.2) is 23.1 Å². The molecular weight excluding hydrogens is 334 g/mol. The first-order chi connectivity index (χ1) is 12.7. The van der Waals surface area contributed by atoms with Gasteiger partial charge in [0.2, 0.25) is 12.7 Å². The second-order valence-corrected chi connectivity index (χ2v) is 6.48. The summed E-state index contributed by atoms with van der Waals surface area (Å²) in [4.78, 5) is 21.0. The van der Waals surface area contributed by atoms with Crippen LogP contribution in [0.25, 0.3) is 0 Å². The molecule has 0 spiro atoms. The van der Waals surface area contributed by atoms with Crippen molar-refractivity contribution in [3.05, 3.63) is 30.1 Å². The molecule has 8 nitrogen and oxygen atoms in total. The number of amides is 1. The molecule has 26 heavy (non-hydrogen) atoms. The van der Waals surface area contributed by atoms with Crippen LogP contribution in [0.5, 0.6) is 11.5 Å². The van der Waals surface area contributed by atoms with Crippen molar-refractivity contribution in [2.24, 2.45) is 5.92 Å². The van der Waals surface area contributed by atoms with E-state index in [1.807, 2.05) is 25.1 Å². The van der Waals surface area contributed by atoms with E-state index in [0.717, 1.165) is 23.5 Å². The third-order valence-electron chi connectivity index (χ3n) is 4.78. The number of benzene rings is 1. The van der Waals surface area contributed by atoms with E-state index < -0.39 is 0 Å². The Morgan fingerprint density at radius 1 is 1.31 bits per heavy atom. The molecular formula is C18H21N5O3. The van der Waals surface area contributed by atoms with Crippen LogP contribution in [0.3, 0.4) is 0 Å². The molecule has 1 aromatic heterocycles.